The zero-order chi connectivity index (χ0) is 10.3. The molecule has 0 aromatic carbocycles. The summed E-state index contributed by atoms with van der Waals surface area (Å²) >= 11 is 1.99. The van der Waals surface area contributed by atoms with Gasteiger partial charge in [-0.25, -0.2) is 0 Å². The monoisotopic (exact) mass is 221 g/mol. The third-order valence-corrected chi connectivity index (χ3v) is 5.46. The lowest BCUT2D eigenvalue weighted by Gasteiger charge is -2.30. The maximum Gasteiger partial charge on any atom is 0.0139 e. The fraction of sp³-hybridized carbons (Fsp3) is 0.692. The molecule has 1 saturated carbocycles. The van der Waals surface area contributed by atoms with Gasteiger partial charge in [0.1, 0.15) is 0 Å². The molecule has 0 bridgehead atoms. The molecule has 1 aromatic heterocycles. The molecule has 0 unspecified atom stereocenters. The molecule has 0 atom stereocenters. The minimum atomic E-state index is 0.611. The van der Waals surface area contributed by atoms with Crippen molar-refractivity contribution in [2.24, 2.45) is 5.92 Å². The summed E-state index contributed by atoms with van der Waals surface area (Å²) in [5.74, 6) is 0.955. The van der Waals surface area contributed by atoms with E-state index in [1.807, 2.05) is 11.3 Å². The molecule has 2 fully saturated rings. The van der Waals surface area contributed by atoms with Crippen molar-refractivity contribution in [1.82, 2.24) is 5.32 Å². The Balaban J connectivity index is 1.87. The topological polar surface area (TPSA) is 12.0 Å². The van der Waals surface area contributed by atoms with Crippen LogP contribution < -0.4 is 5.32 Å². The zero-order valence-electron chi connectivity index (χ0n) is 9.38. The van der Waals surface area contributed by atoms with Crippen LogP contribution in [0, 0.1) is 12.8 Å². The first-order chi connectivity index (χ1) is 7.33. The maximum absolute atomic E-state index is 3.48. The van der Waals surface area contributed by atoms with Crippen molar-refractivity contribution in [2.75, 3.05) is 13.1 Å². The summed E-state index contributed by atoms with van der Waals surface area (Å²) in [5, 5.41) is 5.75. The van der Waals surface area contributed by atoms with Gasteiger partial charge in [-0.1, -0.05) is 0 Å². The lowest BCUT2D eigenvalue weighted by Crippen LogP contribution is -2.34. The average Bonchev–Trinajstić information content (AvgIpc) is 2.98. The van der Waals surface area contributed by atoms with E-state index in [0.717, 1.165) is 5.92 Å². The Labute approximate surface area is 95.9 Å². The number of aryl methyl sites for hydroxylation is 1. The van der Waals surface area contributed by atoms with Gasteiger partial charge in [0.25, 0.3) is 0 Å². The molecule has 1 saturated heterocycles. The molecule has 0 radical (unpaired) electrons. The Morgan fingerprint density at radius 3 is 2.60 bits per heavy atom. The molecule has 1 aliphatic carbocycles. The molecule has 1 aromatic rings. The summed E-state index contributed by atoms with van der Waals surface area (Å²) in [4.78, 5) is 1.70. The summed E-state index contributed by atoms with van der Waals surface area (Å²) in [5.41, 5.74) is 2.15. The number of thiophene rings is 1. The predicted octanol–water partition coefficient (Wildman–Crippen LogP) is 3.09. The highest BCUT2D eigenvalue weighted by Gasteiger charge is 2.51. The van der Waals surface area contributed by atoms with Gasteiger partial charge in [0.15, 0.2) is 0 Å². The van der Waals surface area contributed by atoms with E-state index < -0.39 is 0 Å². The predicted molar refractivity (Wildman–Crippen MR) is 65.6 cm³/mol. The molecule has 2 aliphatic rings. The molecule has 82 valence electrons. The third-order valence-electron chi connectivity index (χ3n) is 4.22. The van der Waals surface area contributed by atoms with Crippen LogP contribution in [0.5, 0.6) is 0 Å². The van der Waals surface area contributed by atoms with Gasteiger partial charge in [-0.05, 0) is 68.6 Å². The van der Waals surface area contributed by atoms with Crippen LogP contribution in [-0.4, -0.2) is 13.1 Å². The van der Waals surface area contributed by atoms with Gasteiger partial charge in [-0.15, -0.1) is 11.3 Å². The van der Waals surface area contributed by atoms with Gasteiger partial charge in [0, 0.05) is 10.3 Å². The highest BCUT2D eigenvalue weighted by atomic mass is 32.1. The summed E-state index contributed by atoms with van der Waals surface area (Å²) in [6.45, 7) is 4.75. The first-order valence-electron chi connectivity index (χ1n) is 6.08. The first kappa shape index (κ1) is 9.86. The van der Waals surface area contributed by atoms with E-state index in [2.05, 4.69) is 23.7 Å². The number of piperidine rings is 1. The Kier molecular flexibility index (Phi) is 2.37. The minimum Gasteiger partial charge on any atom is -0.317 e. The molecule has 2 heteroatoms. The second-order valence-electron chi connectivity index (χ2n) is 5.11. The van der Waals surface area contributed by atoms with Gasteiger partial charge < -0.3 is 5.32 Å². The molecule has 2 heterocycles. The Morgan fingerprint density at radius 2 is 2.07 bits per heavy atom. The van der Waals surface area contributed by atoms with Crippen LogP contribution in [0.1, 0.15) is 36.1 Å². The highest BCUT2D eigenvalue weighted by Crippen LogP contribution is 2.58. The maximum atomic E-state index is 3.48. The first-order valence-corrected chi connectivity index (χ1v) is 6.96. The summed E-state index contributed by atoms with van der Waals surface area (Å²) < 4.78 is 0. The Hall–Kier alpha value is -0.340. The van der Waals surface area contributed by atoms with Crippen molar-refractivity contribution >= 4 is 11.3 Å². The summed E-state index contributed by atoms with van der Waals surface area (Å²) in [6, 6.07) is 2.29. The van der Waals surface area contributed by atoms with Gasteiger partial charge in [-0.3, -0.25) is 0 Å². The number of hydrogen-bond acceptors (Lipinski definition) is 2. The van der Waals surface area contributed by atoms with Crippen LogP contribution in [0.3, 0.4) is 0 Å². The minimum absolute atomic E-state index is 0.611. The van der Waals surface area contributed by atoms with Crippen molar-refractivity contribution in [3.8, 4) is 0 Å². The van der Waals surface area contributed by atoms with Crippen molar-refractivity contribution in [3.63, 3.8) is 0 Å². The number of hydrogen-bond donors (Lipinski definition) is 1. The molecule has 15 heavy (non-hydrogen) atoms. The van der Waals surface area contributed by atoms with E-state index in [4.69, 9.17) is 0 Å². The molecule has 0 amide bonds. The number of rotatable bonds is 2. The molecular formula is C13H19NS. The van der Waals surface area contributed by atoms with Gasteiger partial charge in [0.05, 0.1) is 0 Å². The molecule has 1 nitrogen and oxygen atoms in total. The second kappa shape index (κ2) is 3.60. The van der Waals surface area contributed by atoms with Crippen LogP contribution in [-0.2, 0) is 5.41 Å². The SMILES string of the molecule is Cc1ccsc1C1(C2CCNCC2)CC1. The highest BCUT2D eigenvalue weighted by molar-refractivity contribution is 7.10. The van der Waals surface area contributed by atoms with Crippen LogP contribution >= 0.6 is 11.3 Å². The fourth-order valence-corrected chi connectivity index (χ4v) is 4.48. The number of nitrogens with one attached hydrogen (secondary N) is 1. The standard InChI is InChI=1S/C13H19NS/c1-10-4-9-15-12(10)13(5-6-13)11-2-7-14-8-3-11/h4,9,11,14H,2-3,5-8H2,1H3. The van der Waals surface area contributed by atoms with E-state index in [1.165, 1.54) is 44.3 Å². The lowest BCUT2D eigenvalue weighted by molar-refractivity contribution is 0.305. The van der Waals surface area contributed by atoms with Crippen molar-refractivity contribution in [1.29, 1.82) is 0 Å². The summed E-state index contributed by atoms with van der Waals surface area (Å²) in [6.07, 6.45) is 5.66. The van der Waals surface area contributed by atoms with Crippen LogP contribution in [0.2, 0.25) is 0 Å². The molecular weight excluding hydrogens is 202 g/mol. The van der Waals surface area contributed by atoms with Gasteiger partial charge in [-0.2, -0.15) is 0 Å². The van der Waals surface area contributed by atoms with Crippen LogP contribution in [0.25, 0.3) is 0 Å². The Bertz CT molecular complexity index is 345. The van der Waals surface area contributed by atoms with Crippen molar-refractivity contribution in [2.45, 2.75) is 38.0 Å². The molecule has 1 N–H and O–H groups in total. The third kappa shape index (κ3) is 1.55. The van der Waals surface area contributed by atoms with E-state index in [1.54, 1.807) is 4.88 Å². The van der Waals surface area contributed by atoms with E-state index in [0.29, 0.717) is 5.41 Å². The molecule has 1 aliphatic heterocycles. The fourth-order valence-electron chi connectivity index (χ4n) is 3.21. The quantitative estimate of drug-likeness (QED) is 0.809. The second-order valence-corrected chi connectivity index (χ2v) is 6.03. The smallest absolute Gasteiger partial charge is 0.0139 e. The van der Waals surface area contributed by atoms with Crippen molar-refractivity contribution in [3.05, 3.63) is 21.9 Å². The van der Waals surface area contributed by atoms with Gasteiger partial charge in [0.2, 0.25) is 0 Å². The molecule has 0 spiro atoms. The largest absolute Gasteiger partial charge is 0.317 e. The summed E-state index contributed by atoms with van der Waals surface area (Å²) in [7, 11) is 0. The van der Waals surface area contributed by atoms with Crippen LogP contribution in [0.4, 0.5) is 0 Å². The van der Waals surface area contributed by atoms with Crippen molar-refractivity contribution < 1.29 is 0 Å². The normalized spacial score (nSPS) is 25.4. The average molecular weight is 221 g/mol. The Morgan fingerprint density at radius 1 is 1.33 bits per heavy atom. The van der Waals surface area contributed by atoms with Gasteiger partial charge >= 0.3 is 0 Å². The zero-order valence-corrected chi connectivity index (χ0v) is 10.2. The molecule has 3 rings (SSSR count). The van der Waals surface area contributed by atoms with E-state index in [-0.39, 0.29) is 0 Å². The van der Waals surface area contributed by atoms with E-state index >= 15 is 0 Å². The van der Waals surface area contributed by atoms with E-state index in [9.17, 15) is 0 Å². The lowest BCUT2D eigenvalue weighted by atomic mass is 9.80. The van der Waals surface area contributed by atoms with Crippen LogP contribution in [0.15, 0.2) is 11.4 Å².